The molecule has 0 saturated carbocycles. The van der Waals surface area contributed by atoms with Crippen LogP contribution >= 0.6 is 38.6 Å². The number of Topliss-reactive ketones (excluding diaryl/α,β-unsaturated/α-hetero) is 1. The van der Waals surface area contributed by atoms with Gasteiger partial charge >= 0.3 is 0 Å². The number of likely N-dealkylation sites (N-methyl/N-ethyl adjacent to an activating group) is 1. The minimum atomic E-state index is 0.186. The Labute approximate surface area is 123 Å². The van der Waals surface area contributed by atoms with E-state index in [9.17, 15) is 4.79 Å². The quantitative estimate of drug-likeness (QED) is 0.740. The summed E-state index contributed by atoms with van der Waals surface area (Å²) in [5.74, 6) is 0.186. The van der Waals surface area contributed by atoms with Crippen molar-refractivity contribution in [2.75, 3.05) is 20.1 Å². The van der Waals surface area contributed by atoms with Gasteiger partial charge < -0.3 is 0 Å². The number of carbonyl (C=O) groups excluding carboxylic acids is 1. The molecule has 0 aromatic carbocycles. The minimum absolute atomic E-state index is 0.186. The second-order valence-corrected chi connectivity index (χ2v) is 6.89. The lowest BCUT2D eigenvalue weighted by Gasteiger charge is -2.14. The number of rotatable bonds is 6. The fraction of sp³-hybridized carbons (Fsp3) is 0.308. The van der Waals surface area contributed by atoms with E-state index in [0.29, 0.717) is 6.54 Å². The molecule has 0 atom stereocenters. The standard InChI is InChI=1S/C13H14BrNOS2/c1-15(6-4-10-3-2-7-17-10)9-12(16)13-11(14)5-8-18-13/h2-3,5,7-8H,4,6,9H2,1H3. The summed E-state index contributed by atoms with van der Waals surface area (Å²) < 4.78 is 0.907. The van der Waals surface area contributed by atoms with Crippen LogP contribution in [0.4, 0.5) is 0 Å². The highest BCUT2D eigenvalue weighted by atomic mass is 79.9. The molecule has 5 heteroatoms. The van der Waals surface area contributed by atoms with E-state index >= 15 is 0 Å². The lowest BCUT2D eigenvalue weighted by atomic mass is 10.3. The van der Waals surface area contributed by atoms with Gasteiger partial charge in [-0.1, -0.05) is 6.07 Å². The zero-order chi connectivity index (χ0) is 13.0. The van der Waals surface area contributed by atoms with Gasteiger partial charge in [0.15, 0.2) is 5.78 Å². The SMILES string of the molecule is CN(CCc1cccs1)CC(=O)c1sccc1Br. The lowest BCUT2D eigenvalue weighted by molar-refractivity contribution is 0.0950. The van der Waals surface area contributed by atoms with Gasteiger partial charge in [0.2, 0.25) is 0 Å². The van der Waals surface area contributed by atoms with Crippen molar-refractivity contribution in [3.63, 3.8) is 0 Å². The van der Waals surface area contributed by atoms with Crippen molar-refractivity contribution in [2.45, 2.75) is 6.42 Å². The van der Waals surface area contributed by atoms with Crippen LogP contribution in [0.3, 0.4) is 0 Å². The Morgan fingerprint density at radius 3 is 2.78 bits per heavy atom. The number of ketones is 1. The van der Waals surface area contributed by atoms with Gasteiger partial charge in [-0.15, -0.1) is 22.7 Å². The molecule has 2 rings (SSSR count). The van der Waals surface area contributed by atoms with Crippen LogP contribution in [0.2, 0.25) is 0 Å². The Bertz CT molecular complexity index is 507. The molecule has 0 radical (unpaired) electrons. The molecule has 0 unspecified atom stereocenters. The molecule has 0 N–H and O–H groups in total. The number of thiophene rings is 2. The summed E-state index contributed by atoms with van der Waals surface area (Å²) in [6.45, 7) is 1.39. The number of nitrogens with zero attached hydrogens (tertiary/aromatic N) is 1. The van der Waals surface area contributed by atoms with E-state index in [-0.39, 0.29) is 5.78 Å². The van der Waals surface area contributed by atoms with Crippen LogP contribution in [0.1, 0.15) is 14.5 Å². The first-order valence-electron chi connectivity index (χ1n) is 5.64. The van der Waals surface area contributed by atoms with Crippen LogP contribution in [0.25, 0.3) is 0 Å². The second-order valence-electron chi connectivity index (χ2n) is 4.09. The molecule has 0 aliphatic carbocycles. The average molecular weight is 344 g/mol. The van der Waals surface area contributed by atoms with Gasteiger partial charge in [0, 0.05) is 15.9 Å². The largest absolute Gasteiger partial charge is 0.299 e. The van der Waals surface area contributed by atoms with Crippen LogP contribution in [0.15, 0.2) is 33.4 Å². The monoisotopic (exact) mass is 343 g/mol. The molecule has 0 saturated heterocycles. The van der Waals surface area contributed by atoms with Crippen molar-refractivity contribution in [3.05, 3.63) is 43.2 Å². The maximum atomic E-state index is 12.0. The number of carbonyl (C=O) groups is 1. The summed E-state index contributed by atoms with van der Waals surface area (Å²) in [5, 5.41) is 4.02. The van der Waals surface area contributed by atoms with Crippen LogP contribution in [0, 0.1) is 0 Å². The van der Waals surface area contributed by atoms with Crippen molar-refractivity contribution in [1.29, 1.82) is 0 Å². The van der Waals surface area contributed by atoms with Gasteiger partial charge in [0.1, 0.15) is 0 Å². The normalized spacial score (nSPS) is 11.1. The van der Waals surface area contributed by atoms with Crippen LogP contribution in [-0.2, 0) is 6.42 Å². The molecule has 2 nitrogen and oxygen atoms in total. The van der Waals surface area contributed by atoms with Gasteiger partial charge in [-0.05, 0) is 52.3 Å². The van der Waals surface area contributed by atoms with Gasteiger partial charge in [-0.25, -0.2) is 0 Å². The van der Waals surface area contributed by atoms with E-state index in [1.807, 2.05) is 18.5 Å². The maximum Gasteiger partial charge on any atom is 0.187 e. The van der Waals surface area contributed by atoms with Crippen LogP contribution in [0.5, 0.6) is 0 Å². The Balaban J connectivity index is 1.82. The third-order valence-corrected chi connectivity index (χ3v) is 5.42. The van der Waals surface area contributed by atoms with E-state index in [0.717, 1.165) is 22.3 Å². The van der Waals surface area contributed by atoms with Crippen molar-refractivity contribution in [3.8, 4) is 0 Å². The highest BCUT2D eigenvalue weighted by Crippen LogP contribution is 2.23. The van der Waals surface area contributed by atoms with Gasteiger partial charge in [0.05, 0.1) is 11.4 Å². The Morgan fingerprint density at radius 2 is 2.17 bits per heavy atom. The summed E-state index contributed by atoms with van der Waals surface area (Å²) in [5.41, 5.74) is 0. The van der Waals surface area contributed by atoms with E-state index in [4.69, 9.17) is 0 Å². The predicted molar refractivity (Wildman–Crippen MR) is 81.9 cm³/mol. The smallest absolute Gasteiger partial charge is 0.187 e. The Kier molecular flexibility index (Phi) is 5.12. The molecule has 0 bridgehead atoms. The summed E-state index contributed by atoms with van der Waals surface area (Å²) in [6, 6.07) is 6.12. The average Bonchev–Trinajstić information content (AvgIpc) is 2.97. The molecule has 0 spiro atoms. The summed E-state index contributed by atoms with van der Waals surface area (Å²) in [6.07, 6.45) is 1.01. The van der Waals surface area contributed by atoms with Crippen LogP contribution in [-0.4, -0.2) is 30.8 Å². The zero-order valence-corrected chi connectivity index (χ0v) is 13.3. The third kappa shape index (κ3) is 3.75. The van der Waals surface area contributed by atoms with Gasteiger partial charge in [-0.2, -0.15) is 0 Å². The van der Waals surface area contributed by atoms with Gasteiger partial charge in [-0.3, -0.25) is 9.69 Å². The van der Waals surface area contributed by atoms with Crippen molar-refractivity contribution in [2.24, 2.45) is 0 Å². The number of hydrogen-bond donors (Lipinski definition) is 0. The molecule has 0 aliphatic heterocycles. The zero-order valence-electron chi connectivity index (χ0n) is 10.1. The first kappa shape index (κ1) is 13.9. The molecule has 0 fully saturated rings. The minimum Gasteiger partial charge on any atom is -0.299 e. The first-order valence-corrected chi connectivity index (χ1v) is 8.19. The third-order valence-electron chi connectivity index (χ3n) is 2.60. The lowest BCUT2D eigenvalue weighted by Crippen LogP contribution is -2.27. The Hall–Kier alpha value is -0.490. The number of hydrogen-bond acceptors (Lipinski definition) is 4. The molecular weight excluding hydrogens is 330 g/mol. The summed E-state index contributed by atoms with van der Waals surface area (Å²) in [7, 11) is 1.99. The van der Waals surface area contributed by atoms with E-state index < -0.39 is 0 Å². The molecule has 0 amide bonds. The maximum absolute atomic E-state index is 12.0. The van der Waals surface area contributed by atoms with Gasteiger partial charge in [0.25, 0.3) is 0 Å². The first-order chi connectivity index (χ1) is 8.66. The molecule has 2 heterocycles. The second kappa shape index (κ2) is 6.61. The molecule has 2 aromatic heterocycles. The molecule has 96 valence electrons. The molecule has 0 aliphatic rings. The highest BCUT2D eigenvalue weighted by molar-refractivity contribution is 9.10. The Morgan fingerprint density at radius 1 is 1.33 bits per heavy atom. The highest BCUT2D eigenvalue weighted by Gasteiger charge is 2.13. The fourth-order valence-electron chi connectivity index (χ4n) is 1.64. The molecule has 18 heavy (non-hydrogen) atoms. The summed E-state index contributed by atoms with van der Waals surface area (Å²) in [4.78, 5) is 16.3. The van der Waals surface area contributed by atoms with Crippen molar-refractivity contribution in [1.82, 2.24) is 4.90 Å². The van der Waals surface area contributed by atoms with E-state index in [1.54, 1.807) is 11.3 Å². The van der Waals surface area contributed by atoms with Crippen LogP contribution < -0.4 is 0 Å². The number of halogens is 1. The molecular formula is C13H14BrNOS2. The van der Waals surface area contributed by atoms with Crippen molar-refractivity contribution >= 4 is 44.4 Å². The predicted octanol–water partition coefficient (Wildman–Crippen LogP) is 3.93. The summed E-state index contributed by atoms with van der Waals surface area (Å²) >= 11 is 6.66. The van der Waals surface area contributed by atoms with Crippen molar-refractivity contribution < 1.29 is 4.79 Å². The molecule has 2 aromatic rings. The van der Waals surface area contributed by atoms with E-state index in [1.165, 1.54) is 16.2 Å². The van der Waals surface area contributed by atoms with E-state index in [2.05, 4.69) is 38.3 Å². The fourth-order valence-corrected chi connectivity index (χ4v) is 3.87. The topological polar surface area (TPSA) is 20.3 Å².